The molecule has 1 aromatic carbocycles. The maximum absolute atomic E-state index is 13.5. The number of aliphatic hydroxyl groups is 2. The van der Waals surface area contributed by atoms with Crippen LogP contribution in [-0.4, -0.2) is 40.9 Å². The van der Waals surface area contributed by atoms with E-state index in [1.807, 2.05) is 6.92 Å². The van der Waals surface area contributed by atoms with Crippen molar-refractivity contribution < 1.29 is 14.6 Å². The van der Waals surface area contributed by atoms with Crippen LogP contribution in [0.2, 0.25) is 0 Å². The highest BCUT2D eigenvalue weighted by Crippen LogP contribution is 2.23. The summed E-state index contributed by atoms with van der Waals surface area (Å²) in [5.74, 6) is -0.0242. The van der Waals surface area contributed by atoms with Gasteiger partial charge in [-0.1, -0.05) is 18.2 Å². The zero-order chi connectivity index (χ0) is 13.8. The molecule has 0 saturated carbocycles. The van der Waals surface area contributed by atoms with Crippen molar-refractivity contribution in [3.8, 4) is 0 Å². The van der Waals surface area contributed by atoms with Gasteiger partial charge in [0.05, 0.1) is 12.2 Å². The van der Waals surface area contributed by atoms with Crippen LogP contribution in [0.1, 0.15) is 31.4 Å². The minimum absolute atomic E-state index is 0.276. The molecule has 1 aliphatic rings. The smallest absolute Gasteiger partial charge is 0.128 e. The Balaban J connectivity index is 1.82. The van der Waals surface area contributed by atoms with Crippen molar-refractivity contribution in [3.63, 3.8) is 0 Å². The van der Waals surface area contributed by atoms with E-state index < -0.39 is 6.10 Å². The van der Waals surface area contributed by atoms with Crippen LogP contribution >= 0.6 is 0 Å². The van der Waals surface area contributed by atoms with Crippen molar-refractivity contribution in [3.05, 3.63) is 35.6 Å². The molecule has 4 heteroatoms. The molecule has 0 radical (unpaired) electrons. The highest BCUT2D eigenvalue weighted by Gasteiger charge is 2.26. The summed E-state index contributed by atoms with van der Waals surface area (Å²) in [6.45, 7) is 4.36. The van der Waals surface area contributed by atoms with Crippen LogP contribution in [0, 0.1) is 11.7 Å². The summed E-state index contributed by atoms with van der Waals surface area (Å²) < 4.78 is 13.5. The zero-order valence-corrected chi connectivity index (χ0v) is 11.3. The van der Waals surface area contributed by atoms with Crippen molar-refractivity contribution in [2.75, 3.05) is 19.6 Å². The maximum atomic E-state index is 13.5. The third-order valence-corrected chi connectivity index (χ3v) is 3.97. The molecule has 3 atom stereocenters. The van der Waals surface area contributed by atoms with E-state index in [0.29, 0.717) is 17.9 Å². The van der Waals surface area contributed by atoms with E-state index in [-0.39, 0.29) is 11.9 Å². The number of rotatable bonds is 5. The van der Waals surface area contributed by atoms with Gasteiger partial charge in [-0.15, -0.1) is 0 Å². The van der Waals surface area contributed by atoms with Crippen molar-refractivity contribution in [2.45, 2.75) is 32.0 Å². The van der Waals surface area contributed by atoms with Crippen LogP contribution in [0.25, 0.3) is 0 Å². The molecular weight excluding hydrogens is 245 g/mol. The number of aliphatic hydroxyl groups excluding tert-OH is 2. The lowest BCUT2D eigenvalue weighted by Crippen LogP contribution is -2.26. The van der Waals surface area contributed by atoms with E-state index in [1.54, 1.807) is 18.2 Å². The molecule has 1 aliphatic heterocycles. The Kier molecular flexibility index (Phi) is 4.91. The lowest BCUT2D eigenvalue weighted by Gasteiger charge is -2.19. The van der Waals surface area contributed by atoms with Gasteiger partial charge >= 0.3 is 0 Å². The average molecular weight is 267 g/mol. The molecule has 1 aromatic rings. The molecule has 1 saturated heterocycles. The third kappa shape index (κ3) is 3.75. The van der Waals surface area contributed by atoms with Gasteiger partial charge in [0.15, 0.2) is 0 Å². The fourth-order valence-electron chi connectivity index (χ4n) is 2.67. The predicted molar refractivity (Wildman–Crippen MR) is 72.2 cm³/mol. The normalized spacial score (nSPS) is 23.5. The number of likely N-dealkylation sites (tertiary alicyclic amines) is 1. The van der Waals surface area contributed by atoms with Gasteiger partial charge in [0.25, 0.3) is 0 Å². The van der Waals surface area contributed by atoms with Gasteiger partial charge in [-0.05, 0) is 38.3 Å². The Labute approximate surface area is 113 Å². The quantitative estimate of drug-likeness (QED) is 0.857. The molecule has 2 N–H and O–H groups in total. The van der Waals surface area contributed by atoms with E-state index in [9.17, 15) is 14.6 Å². The molecule has 2 rings (SSSR count). The van der Waals surface area contributed by atoms with Crippen molar-refractivity contribution in [1.29, 1.82) is 0 Å². The van der Waals surface area contributed by atoms with Gasteiger partial charge in [0.1, 0.15) is 5.82 Å². The van der Waals surface area contributed by atoms with Crippen LogP contribution in [0.4, 0.5) is 4.39 Å². The lowest BCUT2D eigenvalue weighted by molar-refractivity contribution is 0.120. The van der Waals surface area contributed by atoms with Crippen molar-refractivity contribution in [1.82, 2.24) is 4.90 Å². The number of nitrogens with zero attached hydrogens (tertiary/aromatic N) is 1. The first-order valence-electron chi connectivity index (χ1n) is 6.91. The summed E-state index contributed by atoms with van der Waals surface area (Å²) in [7, 11) is 0. The Morgan fingerprint density at radius 2 is 2.11 bits per heavy atom. The van der Waals surface area contributed by atoms with Crippen LogP contribution in [-0.2, 0) is 0 Å². The third-order valence-electron chi connectivity index (χ3n) is 3.97. The minimum atomic E-state index is -0.758. The second-order valence-electron chi connectivity index (χ2n) is 5.42. The molecule has 19 heavy (non-hydrogen) atoms. The molecule has 0 aliphatic carbocycles. The van der Waals surface area contributed by atoms with Gasteiger partial charge in [-0.2, -0.15) is 0 Å². The first-order valence-corrected chi connectivity index (χ1v) is 6.91. The first kappa shape index (κ1) is 14.4. The van der Waals surface area contributed by atoms with E-state index >= 15 is 0 Å². The summed E-state index contributed by atoms with van der Waals surface area (Å²) in [5, 5.41) is 19.6. The lowest BCUT2D eigenvalue weighted by atomic mass is 10.0. The van der Waals surface area contributed by atoms with Crippen molar-refractivity contribution >= 4 is 0 Å². The Hall–Kier alpha value is -0.970. The highest BCUT2D eigenvalue weighted by molar-refractivity contribution is 5.19. The summed E-state index contributed by atoms with van der Waals surface area (Å²) in [6, 6.07) is 6.36. The molecule has 0 spiro atoms. The van der Waals surface area contributed by atoms with Crippen molar-refractivity contribution in [2.24, 2.45) is 5.92 Å². The first-order chi connectivity index (χ1) is 9.08. The Morgan fingerprint density at radius 1 is 1.37 bits per heavy atom. The van der Waals surface area contributed by atoms with Crippen LogP contribution in [0.5, 0.6) is 0 Å². The van der Waals surface area contributed by atoms with E-state index in [4.69, 9.17) is 0 Å². The number of hydrogen-bond donors (Lipinski definition) is 2. The van der Waals surface area contributed by atoms with Gasteiger partial charge in [0.2, 0.25) is 0 Å². The highest BCUT2D eigenvalue weighted by atomic mass is 19.1. The topological polar surface area (TPSA) is 43.7 Å². The second kappa shape index (κ2) is 6.46. The number of hydrogen-bond acceptors (Lipinski definition) is 3. The van der Waals surface area contributed by atoms with Crippen LogP contribution in [0.15, 0.2) is 24.3 Å². The second-order valence-corrected chi connectivity index (χ2v) is 5.42. The molecule has 0 bridgehead atoms. The molecule has 1 heterocycles. The van der Waals surface area contributed by atoms with Crippen LogP contribution in [0.3, 0.4) is 0 Å². The number of benzene rings is 1. The largest absolute Gasteiger partial charge is 0.393 e. The molecule has 106 valence electrons. The molecular formula is C15H22FNO2. The Bertz CT molecular complexity index is 411. The summed E-state index contributed by atoms with van der Waals surface area (Å²) in [5.41, 5.74) is 0.369. The van der Waals surface area contributed by atoms with E-state index in [0.717, 1.165) is 26.1 Å². The Morgan fingerprint density at radius 3 is 2.74 bits per heavy atom. The minimum Gasteiger partial charge on any atom is -0.393 e. The molecule has 3 unspecified atom stereocenters. The monoisotopic (exact) mass is 267 g/mol. The van der Waals surface area contributed by atoms with E-state index in [2.05, 4.69) is 4.90 Å². The van der Waals surface area contributed by atoms with E-state index in [1.165, 1.54) is 6.07 Å². The van der Waals surface area contributed by atoms with Gasteiger partial charge < -0.3 is 15.1 Å². The predicted octanol–water partition coefficient (Wildman–Crippen LogP) is 1.95. The fourth-order valence-corrected chi connectivity index (χ4v) is 2.67. The number of halogens is 1. The fraction of sp³-hybridized carbons (Fsp3) is 0.600. The maximum Gasteiger partial charge on any atom is 0.128 e. The molecule has 0 aromatic heterocycles. The summed E-state index contributed by atoms with van der Waals surface area (Å²) in [4.78, 5) is 2.22. The van der Waals surface area contributed by atoms with Crippen LogP contribution < -0.4 is 0 Å². The molecule has 3 nitrogen and oxygen atoms in total. The molecule has 0 amide bonds. The van der Waals surface area contributed by atoms with Gasteiger partial charge in [-0.3, -0.25) is 0 Å². The van der Waals surface area contributed by atoms with Gasteiger partial charge in [0, 0.05) is 18.7 Å². The molecule has 1 fully saturated rings. The SMILES string of the molecule is CC(O)C1CCN(CCC(O)c2ccccc2F)C1. The summed E-state index contributed by atoms with van der Waals surface area (Å²) >= 11 is 0. The zero-order valence-electron chi connectivity index (χ0n) is 11.3. The average Bonchev–Trinajstić information content (AvgIpc) is 2.85. The standard InChI is InChI=1S/C15H22FNO2/c1-11(18)12-6-8-17(10-12)9-7-15(19)13-4-2-3-5-14(13)16/h2-5,11-12,15,18-19H,6-10H2,1H3. The summed E-state index contributed by atoms with van der Waals surface area (Å²) in [6.07, 6.45) is 0.481. The van der Waals surface area contributed by atoms with Gasteiger partial charge in [-0.25, -0.2) is 4.39 Å².